The second kappa shape index (κ2) is 7.05. The summed E-state index contributed by atoms with van der Waals surface area (Å²) < 4.78 is 11.4. The highest BCUT2D eigenvalue weighted by molar-refractivity contribution is 5.92. The second-order valence-corrected chi connectivity index (χ2v) is 7.73. The highest BCUT2D eigenvalue weighted by atomic mass is 16.5. The summed E-state index contributed by atoms with van der Waals surface area (Å²) in [5.41, 5.74) is 1.67. The first kappa shape index (κ1) is 16.9. The number of fused-ring (bicyclic) bond motifs is 1. The lowest BCUT2D eigenvalue weighted by atomic mass is 9.97. The Bertz CT molecular complexity index is 805. The number of piperidine rings is 1. The summed E-state index contributed by atoms with van der Waals surface area (Å²) in [5.74, 6) is 1.29. The highest BCUT2D eigenvalue weighted by Gasteiger charge is 2.39. The van der Waals surface area contributed by atoms with Gasteiger partial charge in [-0.2, -0.15) is 0 Å². The van der Waals surface area contributed by atoms with E-state index >= 15 is 0 Å². The molecule has 3 fully saturated rings. The van der Waals surface area contributed by atoms with Crippen molar-refractivity contribution < 1.29 is 14.1 Å². The molecule has 2 aromatic heterocycles. The number of pyridine rings is 1. The summed E-state index contributed by atoms with van der Waals surface area (Å²) in [6, 6.07) is 6.13. The average Bonchev–Trinajstić information content (AvgIpc) is 3.45. The predicted octanol–water partition coefficient (Wildman–Crippen LogP) is 2.06. The van der Waals surface area contributed by atoms with Gasteiger partial charge in [0.1, 0.15) is 5.76 Å². The molecule has 0 spiro atoms. The number of morpholine rings is 1. The smallest absolute Gasteiger partial charge is 0.276 e. The van der Waals surface area contributed by atoms with Crippen molar-refractivity contribution in [3.8, 4) is 0 Å². The summed E-state index contributed by atoms with van der Waals surface area (Å²) in [4.78, 5) is 21.4. The summed E-state index contributed by atoms with van der Waals surface area (Å²) in [5, 5.41) is 4.03. The number of ether oxygens (including phenoxy) is 1. The molecule has 2 atom stereocenters. The monoisotopic (exact) mass is 368 g/mol. The maximum absolute atomic E-state index is 12.9. The Balaban J connectivity index is 1.29. The third-order valence-electron chi connectivity index (χ3n) is 5.85. The number of likely N-dealkylation sites (tertiary alicyclic amines) is 1. The lowest BCUT2D eigenvalue weighted by Crippen LogP contribution is -2.60. The second-order valence-electron chi connectivity index (χ2n) is 7.73. The number of aromatic nitrogens is 2. The van der Waals surface area contributed by atoms with Crippen LogP contribution in [0, 0.1) is 0 Å². The van der Waals surface area contributed by atoms with Crippen molar-refractivity contribution in [2.75, 3.05) is 26.2 Å². The molecule has 1 aliphatic carbocycles. The zero-order valence-corrected chi connectivity index (χ0v) is 15.3. The van der Waals surface area contributed by atoms with Crippen LogP contribution in [0.1, 0.15) is 47.0 Å². The first-order valence-corrected chi connectivity index (χ1v) is 9.78. The van der Waals surface area contributed by atoms with Crippen LogP contribution in [0.3, 0.4) is 0 Å². The van der Waals surface area contributed by atoms with E-state index in [0.29, 0.717) is 24.7 Å². The third kappa shape index (κ3) is 3.49. The maximum Gasteiger partial charge on any atom is 0.276 e. The van der Waals surface area contributed by atoms with Crippen molar-refractivity contribution in [3.05, 3.63) is 47.6 Å². The fourth-order valence-electron chi connectivity index (χ4n) is 4.16. The number of hydrogen-bond donors (Lipinski definition) is 0. The van der Waals surface area contributed by atoms with Gasteiger partial charge in [0.2, 0.25) is 0 Å². The van der Waals surface area contributed by atoms with E-state index in [9.17, 15) is 4.79 Å². The normalized spacial score (nSPS) is 26.0. The zero-order valence-electron chi connectivity index (χ0n) is 15.3. The van der Waals surface area contributed by atoms with Gasteiger partial charge in [0.05, 0.1) is 18.8 Å². The van der Waals surface area contributed by atoms with Crippen LogP contribution in [0.15, 0.2) is 35.1 Å². The van der Waals surface area contributed by atoms with Crippen LogP contribution in [-0.2, 0) is 11.3 Å². The third-order valence-corrected chi connectivity index (χ3v) is 5.85. The van der Waals surface area contributed by atoms with Crippen molar-refractivity contribution >= 4 is 5.91 Å². The molecule has 7 nitrogen and oxygen atoms in total. The molecule has 1 amide bonds. The molecule has 0 unspecified atom stereocenters. The molecule has 142 valence electrons. The van der Waals surface area contributed by atoms with Crippen LogP contribution in [0.5, 0.6) is 0 Å². The number of carbonyl (C=O) groups excluding carboxylic acids is 1. The van der Waals surface area contributed by atoms with Gasteiger partial charge in [-0.05, 0) is 37.0 Å². The van der Waals surface area contributed by atoms with Gasteiger partial charge in [0.25, 0.3) is 5.91 Å². The van der Waals surface area contributed by atoms with E-state index in [4.69, 9.17) is 9.26 Å². The van der Waals surface area contributed by atoms with Gasteiger partial charge in [-0.15, -0.1) is 0 Å². The minimum absolute atomic E-state index is 0.0291. The Morgan fingerprint density at radius 3 is 2.85 bits per heavy atom. The van der Waals surface area contributed by atoms with Crippen molar-refractivity contribution in [1.82, 2.24) is 19.9 Å². The Labute approximate surface area is 158 Å². The Morgan fingerprint density at radius 2 is 2.04 bits per heavy atom. The van der Waals surface area contributed by atoms with Crippen molar-refractivity contribution in [2.45, 2.75) is 43.9 Å². The summed E-state index contributed by atoms with van der Waals surface area (Å²) in [6.45, 7) is 3.84. The molecule has 2 aliphatic heterocycles. The van der Waals surface area contributed by atoms with Gasteiger partial charge in [0, 0.05) is 50.6 Å². The molecule has 0 bridgehead atoms. The molecule has 1 saturated carbocycles. The lowest BCUT2D eigenvalue weighted by molar-refractivity contribution is -0.101. The number of amides is 1. The molecule has 0 radical (unpaired) electrons. The van der Waals surface area contributed by atoms with E-state index in [0.717, 1.165) is 44.7 Å². The predicted molar refractivity (Wildman–Crippen MR) is 97.2 cm³/mol. The van der Waals surface area contributed by atoms with E-state index in [-0.39, 0.29) is 18.1 Å². The minimum atomic E-state index is -0.0291. The van der Waals surface area contributed by atoms with Gasteiger partial charge in [-0.1, -0.05) is 5.16 Å². The van der Waals surface area contributed by atoms with Crippen LogP contribution in [0.4, 0.5) is 0 Å². The Hall–Kier alpha value is -2.25. The topological polar surface area (TPSA) is 71.7 Å². The van der Waals surface area contributed by atoms with Gasteiger partial charge >= 0.3 is 0 Å². The Kier molecular flexibility index (Phi) is 4.41. The fourth-order valence-corrected chi connectivity index (χ4v) is 4.16. The molecule has 0 N–H and O–H groups in total. The van der Waals surface area contributed by atoms with Gasteiger partial charge < -0.3 is 14.2 Å². The van der Waals surface area contributed by atoms with Crippen LogP contribution in [0.2, 0.25) is 0 Å². The quantitative estimate of drug-likeness (QED) is 0.823. The molecule has 4 heterocycles. The maximum atomic E-state index is 12.9. The highest BCUT2D eigenvalue weighted by Crippen LogP contribution is 2.40. The molecule has 7 heteroatoms. The lowest BCUT2D eigenvalue weighted by Gasteiger charge is -2.47. The molecule has 3 aliphatic rings. The minimum Gasteiger partial charge on any atom is -0.375 e. The van der Waals surface area contributed by atoms with Crippen molar-refractivity contribution in [3.63, 3.8) is 0 Å². The Morgan fingerprint density at radius 1 is 1.19 bits per heavy atom. The van der Waals surface area contributed by atoms with Crippen LogP contribution < -0.4 is 0 Å². The van der Waals surface area contributed by atoms with Crippen LogP contribution >= 0.6 is 0 Å². The summed E-state index contributed by atoms with van der Waals surface area (Å²) >= 11 is 0. The molecule has 27 heavy (non-hydrogen) atoms. The largest absolute Gasteiger partial charge is 0.375 e. The number of hydrogen-bond acceptors (Lipinski definition) is 6. The molecule has 2 aromatic rings. The first-order valence-electron chi connectivity index (χ1n) is 9.78. The van der Waals surface area contributed by atoms with Gasteiger partial charge in [-0.25, -0.2) is 0 Å². The van der Waals surface area contributed by atoms with Crippen LogP contribution in [-0.4, -0.2) is 64.2 Å². The van der Waals surface area contributed by atoms with Gasteiger partial charge in [0.15, 0.2) is 5.69 Å². The molecule has 2 saturated heterocycles. The molecule has 0 aromatic carbocycles. The zero-order chi connectivity index (χ0) is 18.2. The van der Waals surface area contributed by atoms with Gasteiger partial charge in [-0.3, -0.25) is 14.7 Å². The van der Waals surface area contributed by atoms with E-state index in [1.807, 2.05) is 35.5 Å². The van der Waals surface area contributed by atoms with E-state index in [1.165, 1.54) is 5.56 Å². The molecule has 5 rings (SSSR count). The fraction of sp³-hybridized carbons (Fsp3) is 0.550. The molecular weight excluding hydrogens is 344 g/mol. The van der Waals surface area contributed by atoms with E-state index in [2.05, 4.69) is 15.0 Å². The standard InChI is InChI=1S/C20H24N4O3/c25-20(16-11-19(27-22-16)15-1-2-15)24-8-5-18-17(13-24)23(9-10-26-18)12-14-3-6-21-7-4-14/h3-4,6-7,11,15,17-18H,1-2,5,8-10,12-13H2/t17-,18-/m0/s1. The van der Waals surface area contributed by atoms with Crippen LogP contribution in [0.25, 0.3) is 0 Å². The van der Waals surface area contributed by atoms with Crippen molar-refractivity contribution in [2.24, 2.45) is 0 Å². The number of carbonyl (C=O) groups is 1. The average molecular weight is 368 g/mol. The summed E-state index contributed by atoms with van der Waals surface area (Å²) in [6.07, 6.45) is 6.97. The SMILES string of the molecule is O=C(c1cc(C2CC2)on1)N1CC[C@@H]2OCCN(Cc3ccncc3)[C@H]2C1. The number of nitrogens with zero attached hydrogens (tertiary/aromatic N) is 4. The van der Waals surface area contributed by atoms with E-state index in [1.54, 1.807) is 0 Å². The number of rotatable bonds is 4. The first-order chi connectivity index (χ1) is 13.3. The van der Waals surface area contributed by atoms with E-state index < -0.39 is 0 Å². The summed E-state index contributed by atoms with van der Waals surface area (Å²) in [7, 11) is 0. The molecular formula is C20H24N4O3. The van der Waals surface area contributed by atoms with Crippen molar-refractivity contribution in [1.29, 1.82) is 0 Å².